The predicted octanol–water partition coefficient (Wildman–Crippen LogP) is 2.70. The standard InChI is InChI=1S/C14H19ClN2O2/c1-10-3-2-5-14(7-10,9-15)17-13(19)11-4-6-16-8-12(11)18/h4,6,8,10,18H,2-3,5,7,9H2,1H3,(H,17,19). The highest BCUT2D eigenvalue weighted by Gasteiger charge is 2.36. The average Bonchev–Trinajstić information content (AvgIpc) is 2.39. The highest BCUT2D eigenvalue weighted by atomic mass is 35.5. The molecule has 1 fully saturated rings. The quantitative estimate of drug-likeness (QED) is 0.838. The monoisotopic (exact) mass is 282 g/mol. The van der Waals surface area contributed by atoms with Crippen LogP contribution in [0.15, 0.2) is 18.5 Å². The number of carbonyl (C=O) groups excluding carboxylic acids is 1. The molecule has 2 unspecified atom stereocenters. The van der Waals surface area contributed by atoms with Crippen LogP contribution in [0.2, 0.25) is 0 Å². The van der Waals surface area contributed by atoms with Crippen molar-refractivity contribution in [1.29, 1.82) is 0 Å². The summed E-state index contributed by atoms with van der Waals surface area (Å²) in [4.78, 5) is 16.0. The zero-order valence-electron chi connectivity index (χ0n) is 11.0. The van der Waals surface area contributed by atoms with Crippen molar-refractivity contribution in [2.24, 2.45) is 5.92 Å². The van der Waals surface area contributed by atoms with Crippen LogP contribution in [0.5, 0.6) is 5.75 Å². The summed E-state index contributed by atoms with van der Waals surface area (Å²) in [5.41, 5.74) is -0.107. The largest absolute Gasteiger partial charge is 0.505 e. The third-order valence-electron chi connectivity index (χ3n) is 3.77. The van der Waals surface area contributed by atoms with E-state index in [0.29, 0.717) is 11.8 Å². The lowest BCUT2D eigenvalue weighted by molar-refractivity contribution is 0.0864. The van der Waals surface area contributed by atoms with Crippen molar-refractivity contribution in [3.8, 4) is 5.75 Å². The Labute approximate surface area is 118 Å². The third-order valence-corrected chi connectivity index (χ3v) is 4.28. The highest BCUT2D eigenvalue weighted by Crippen LogP contribution is 2.33. The molecule has 2 rings (SSSR count). The zero-order chi connectivity index (χ0) is 13.9. The number of amides is 1. The molecule has 0 aliphatic heterocycles. The predicted molar refractivity (Wildman–Crippen MR) is 74.5 cm³/mol. The number of hydrogen-bond donors (Lipinski definition) is 2. The lowest BCUT2D eigenvalue weighted by atomic mass is 9.77. The van der Waals surface area contributed by atoms with E-state index in [9.17, 15) is 9.90 Å². The molecular weight excluding hydrogens is 264 g/mol. The van der Waals surface area contributed by atoms with Crippen molar-refractivity contribution in [3.05, 3.63) is 24.0 Å². The summed E-state index contributed by atoms with van der Waals surface area (Å²) in [5, 5.41) is 12.7. The number of pyridine rings is 1. The van der Waals surface area contributed by atoms with Crippen LogP contribution >= 0.6 is 11.6 Å². The molecule has 1 saturated carbocycles. The van der Waals surface area contributed by atoms with Crippen LogP contribution in [0.1, 0.15) is 43.0 Å². The van der Waals surface area contributed by atoms with Crippen LogP contribution in [-0.2, 0) is 0 Å². The van der Waals surface area contributed by atoms with Crippen LogP contribution in [0.25, 0.3) is 0 Å². The zero-order valence-corrected chi connectivity index (χ0v) is 11.8. The minimum absolute atomic E-state index is 0.103. The third kappa shape index (κ3) is 3.18. The second-order valence-corrected chi connectivity index (χ2v) is 5.73. The normalized spacial score (nSPS) is 26.9. The first kappa shape index (κ1) is 14.1. The average molecular weight is 283 g/mol. The molecule has 1 aromatic rings. The Morgan fingerprint density at radius 2 is 2.47 bits per heavy atom. The van der Waals surface area contributed by atoms with Gasteiger partial charge < -0.3 is 10.4 Å². The van der Waals surface area contributed by atoms with Crippen molar-refractivity contribution < 1.29 is 9.90 Å². The molecule has 1 amide bonds. The first-order valence-corrected chi connectivity index (χ1v) is 7.11. The molecule has 1 aromatic heterocycles. The van der Waals surface area contributed by atoms with Gasteiger partial charge in [-0.15, -0.1) is 11.6 Å². The number of aromatic hydroxyl groups is 1. The molecule has 2 atom stereocenters. The first-order chi connectivity index (χ1) is 9.06. The Bertz CT molecular complexity index is 467. The summed E-state index contributed by atoms with van der Waals surface area (Å²) in [7, 11) is 0. The fourth-order valence-electron chi connectivity index (χ4n) is 2.81. The van der Waals surface area contributed by atoms with Gasteiger partial charge in [0.1, 0.15) is 5.75 Å². The molecule has 1 heterocycles. The molecule has 0 radical (unpaired) electrons. The van der Waals surface area contributed by atoms with Crippen molar-refractivity contribution in [3.63, 3.8) is 0 Å². The van der Waals surface area contributed by atoms with E-state index in [-0.39, 0.29) is 22.8 Å². The van der Waals surface area contributed by atoms with E-state index in [1.54, 1.807) is 0 Å². The molecule has 0 saturated heterocycles. The maximum Gasteiger partial charge on any atom is 0.255 e. The Balaban J connectivity index is 2.14. The second-order valence-electron chi connectivity index (χ2n) is 5.46. The minimum atomic E-state index is -0.355. The Kier molecular flexibility index (Phi) is 4.30. The second kappa shape index (κ2) is 5.78. The van der Waals surface area contributed by atoms with Gasteiger partial charge in [0.05, 0.1) is 17.3 Å². The van der Waals surface area contributed by atoms with Crippen molar-refractivity contribution in [2.45, 2.75) is 38.1 Å². The van der Waals surface area contributed by atoms with E-state index in [1.165, 1.54) is 24.9 Å². The molecule has 1 aliphatic carbocycles. The number of nitrogens with zero attached hydrogens (tertiary/aromatic N) is 1. The Morgan fingerprint density at radius 3 is 3.11 bits per heavy atom. The van der Waals surface area contributed by atoms with Gasteiger partial charge in [-0.25, -0.2) is 0 Å². The van der Waals surface area contributed by atoms with E-state index in [1.807, 2.05) is 0 Å². The number of carbonyl (C=O) groups is 1. The maximum atomic E-state index is 12.2. The number of hydrogen-bond acceptors (Lipinski definition) is 3. The van der Waals surface area contributed by atoms with E-state index >= 15 is 0 Å². The van der Waals surface area contributed by atoms with Gasteiger partial charge in [-0.1, -0.05) is 19.8 Å². The van der Waals surface area contributed by atoms with Gasteiger partial charge in [0.15, 0.2) is 0 Å². The van der Waals surface area contributed by atoms with Crippen molar-refractivity contribution in [1.82, 2.24) is 10.3 Å². The van der Waals surface area contributed by atoms with Crippen LogP contribution in [0.4, 0.5) is 0 Å². The maximum absolute atomic E-state index is 12.2. The van der Waals surface area contributed by atoms with Crippen LogP contribution < -0.4 is 5.32 Å². The fraction of sp³-hybridized carbons (Fsp3) is 0.571. The lowest BCUT2D eigenvalue weighted by Gasteiger charge is -2.39. The number of rotatable bonds is 3. The lowest BCUT2D eigenvalue weighted by Crippen LogP contribution is -2.52. The van der Waals surface area contributed by atoms with Gasteiger partial charge in [0.25, 0.3) is 5.91 Å². The summed E-state index contributed by atoms with van der Waals surface area (Å²) < 4.78 is 0. The van der Waals surface area contributed by atoms with Crippen LogP contribution in [0, 0.1) is 5.92 Å². The van der Waals surface area contributed by atoms with Gasteiger partial charge in [0, 0.05) is 12.1 Å². The number of nitrogens with one attached hydrogen (secondary N) is 1. The number of aromatic nitrogens is 1. The minimum Gasteiger partial charge on any atom is -0.505 e. The molecule has 104 valence electrons. The van der Waals surface area contributed by atoms with Crippen LogP contribution in [-0.4, -0.2) is 27.4 Å². The molecule has 0 aromatic carbocycles. The Hall–Kier alpha value is -1.29. The summed E-state index contributed by atoms with van der Waals surface area (Å²) in [6.07, 6.45) is 6.77. The smallest absolute Gasteiger partial charge is 0.255 e. The molecule has 2 N–H and O–H groups in total. The molecule has 5 heteroatoms. The first-order valence-electron chi connectivity index (χ1n) is 6.58. The van der Waals surface area contributed by atoms with E-state index < -0.39 is 0 Å². The van der Waals surface area contributed by atoms with Crippen molar-refractivity contribution in [2.75, 3.05) is 5.88 Å². The number of alkyl halides is 1. The van der Waals surface area contributed by atoms with Crippen LogP contribution in [0.3, 0.4) is 0 Å². The molecule has 0 spiro atoms. The van der Waals surface area contributed by atoms with E-state index in [4.69, 9.17) is 11.6 Å². The Morgan fingerprint density at radius 1 is 1.68 bits per heavy atom. The molecular formula is C14H19ClN2O2. The molecule has 0 bridgehead atoms. The van der Waals surface area contributed by atoms with Gasteiger partial charge in [-0.05, 0) is 24.8 Å². The summed E-state index contributed by atoms with van der Waals surface area (Å²) in [5.74, 6) is 0.566. The highest BCUT2D eigenvalue weighted by molar-refractivity contribution is 6.19. The molecule has 19 heavy (non-hydrogen) atoms. The topological polar surface area (TPSA) is 62.2 Å². The van der Waals surface area contributed by atoms with Crippen molar-refractivity contribution >= 4 is 17.5 Å². The molecule has 1 aliphatic rings. The number of halogens is 1. The van der Waals surface area contributed by atoms with E-state index in [0.717, 1.165) is 19.3 Å². The summed E-state index contributed by atoms with van der Waals surface area (Å²) in [6.45, 7) is 2.18. The summed E-state index contributed by atoms with van der Waals surface area (Å²) in [6, 6.07) is 1.51. The van der Waals surface area contributed by atoms with Gasteiger partial charge in [-0.2, -0.15) is 0 Å². The summed E-state index contributed by atoms with van der Waals surface area (Å²) >= 11 is 6.08. The van der Waals surface area contributed by atoms with Gasteiger partial charge in [-0.3, -0.25) is 9.78 Å². The van der Waals surface area contributed by atoms with Gasteiger partial charge >= 0.3 is 0 Å². The molecule has 4 nitrogen and oxygen atoms in total. The SMILES string of the molecule is CC1CCCC(CCl)(NC(=O)c2ccncc2O)C1. The fourth-order valence-corrected chi connectivity index (χ4v) is 3.12. The van der Waals surface area contributed by atoms with Gasteiger partial charge in [0.2, 0.25) is 0 Å². The van der Waals surface area contributed by atoms with E-state index in [2.05, 4.69) is 17.2 Å².